The van der Waals surface area contributed by atoms with Crippen LogP contribution in [0.4, 0.5) is 0 Å². The van der Waals surface area contributed by atoms with Crippen molar-refractivity contribution in [3.8, 4) is 0 Å². The molecule has 3 rings (SSSR count). The van der Waals surface area contributed by atoms with Crippen LogP contribution in [0.5, 0.6) is 0 Å². The number of ether oxygens (including phenoxy) is 1. The van der Waals surface area contributed by atoms with Gasteiger partial charge in [0.1, 0.15) is 0 Å². The number of aromatic nitrogens is 2. The number of aryl methyl sites for hydroxylation is 1. The van der Waals surface area contributed by atoms with Gasteiger partial charge in [-0.05, 0) is 31.2 Å². The minimum atomic E-state index is -3.64. The zero-order valence-electron chi connectivity index (χ0n) is 18.9. The van der Waals surface area contributed by atoms with Crippen LogP contribution >= 0.6 is 0 Å². The maximum Gasteiger partial charge on any atom is 0.228 e. The Labute approximate surface area is 185 Å². The van der Waals surface area contributed by atoms with Gasteiger partial charge in [-0.1, -0.05) is 43.7 Å². The lowest BCUT2D eigenvalue weighted by atomic mass is 10.2. The minimum Gasteiger partial charge on any atom is -0.383 e. The van der Waals surface area contributed by atoms with Gasteiger partial charge >= 0.3 is 0 Å². The normalized spacial score (nSPS) is 14.2. The Kier molecular flexibility index (Phi) is 7.54. The first-order valence-electron chi connectivity index (χ1n) is 10.8. The number of imidazole rings is 1. The lowest BCUT2D eigenvalue weighted by Gasteiger charge is -2.24. The summed E-state index contributed by atoms with van der Waals surface area (Å²) >= 11 is 0. The molecule has 7 nitrogen and oxygen atoms in total. The molecule has 1 aromatic heterocycles. The van der Waals surface area contributed by atoms with Crippen LogP contribution in [-0.4, -0.2) is 49.0 Å². The molecule has 2 aromatic rings. The lowest BCUT2D eigenvalue weighted by molar-refractivity contribution is -0.133. The van der Waals surface area contributed by atoms with E-state index in [-0.39, 0.29) is 28.7 Å². The summed E-state index contributed by atoms with van der Waals surface area (Å²) in [6.45, 7) is 7.79. The zero-order chi connectivity index (χ0) is 22.6. The quantitative estimate of drug-likeness (QED) is 0.528. The van der Waals surface area contributed by atoms with Crippen LogP contribution in [0.3, 0.4) is 0 Å². The summed E-state index contributed by atoms with van der Waals surface area (Å²) in [5, 5.41) is 0.0725. The molecule has 1 aromatic carbocycles. The van der Waals surface area contributed by atoms with E-state index in [2.05, 4.69) is 4.98 Å². The number of carbonyl (C=O) groups excluding carboxylic acids is 1. The summed E-state index contributed by atoms with van der Waals surface area (Å²) in [6.07, 6.45) is 3.44. The van der Waals surface area contributed by atoms with E-state index < -0.39 is 9.84 Å². The van der Waals surface area contributed by atoms with Crippen LogP contribution in [0, 0.1) is 18.8 Å². The van der Waals surface area contributed by atoms with Gasteiger partial charge in [0.2, 0.25) is 20.9 Å². The number of benzene rings is 1. The minimum absolute atomic E-state index is 0.0725. The summed E-state index contributed by atoms with van der Waals surface area (Å²) in [6, 6.07) is 7.51. The summed E-state index contributed by atoms with van der Waals surface area (Å²) in [7, 11) is -2.03. The van der Waals surface area contributed by atoms with E-state index in [9.17, 15) is 13.2 Å². The first-order valence-corrected chi connectivity index (χ1v) is 12.5. The van der Waals surface area contributed by atoms with Crippen LogP contribution in [-0.2, 0) is 38.2 Å². The fourth-order valence-corrected chi connectivity index (χ4v) is 5.15. The molecular weight excluding hydrogens is 414 g/mol. The summed E-state index contributed by atoms with van der Waals surface area (Å²) in [4.78, 5) is 18.8. The molecule has 0 atom stereocenters. The average molecular weight is 448 g/mol. The van der Waals surface area contributed by atoms with E-state index >= 15 is 0 Å². The molecule has 1 saturated carbocycles. The summed E-state index contributed by atoms with van der Waals surface area (Å²) in [5.41, 5.74) is 2.50. The molecule has 1 aliphatic rings. The Morgan fingerprint density at radius 2 is 2.06 bits per heavy atom. The van der Waals surface area contributed by atoms with Gasteiger partial charge in [0, 0.05) is 26.1 Å². The van der Waals surface area contributed by atoms with Crippen molar-refractivity contribution in [2.75, 3.05) is 20.3 Å². The second-order valence-electron chi connectivity index (χ2n) is 8.81. The molecule has 0 N–H and O–H groups in total. The predicted molar refractivity (Wildman–Crippen MR) is 119 cm³/mol. The third kappa shape index (κ3) is 6.17. The van der Waals surface area contributed by atoms with Crippen molar-refractivity contribution in [2.24, 2.45) is 11.8 Å². The van der Waals surface area contributed by atoms with Gasteiger partial charge in [0.25, 0.3) is 0 Å². The van der Waals surface area contributed by atoms with Gasteiger partial charge < -0.3 is 14.2 Å². The van der Waals surface area contributed by atoms with E-state index in [1.165, 1.54) is 0 Å². The summed E-state index contributed by atoms with van der Waals surface area (Å²) < 4.78 is 33.5. The van der Waals surface area contributed by atoms with E-state index in [0.717, 1.165) is 29.7 Å². The number of sulfone groups is 1. The smallest absolute Gasteiger partial charge is 0.228 e. The van der Waals surface area contributed by atoms with Crippen molar-refractivity contribution < 1.29 is 17.9 Å². The summed E-state index contributed by atoms with van der Waals surface area (Å²) in [5.74, 6) is 0.325. The van der Waals surface area contributed by atoms with Gasteiger partial charge in [-0.25, -0.2) is 13.4 Å². The Balaban J connectivity index is 1.90. The molecule has 1 heterocycles. The van der Waals surface area contributed by atoms with Crippen molar-refractivity contribution in [1.29, 1.82) is 0 Å². The fraction of sp³-hybridized carbons (Fsp3) is 0.565. The van der Waals surface area contributed by atoms with Crippen molar-refractivity contribution in [2.45, 2.75) is 57.6 Å². The SMILES string of the molecule is COCCN(Cc1cnc(S(=O)(=O)Cc2cccc(C)c2)n1CC(C)C)C(=O)C1CC1. The molecule has 0 bridgehead atoms. The van der Waals surface area contributed by atoms with E-state index in [4.69, 9.17) is 4.74 Å². The number of carbonyl (C=O) groups is 1. The van der Waals surface area contributed by atoms with Crippen LogP contribution in [0.2, 0.25) is 0 Å². The predicted octanol–water partition coefficient (Wildman–Crippen LogP) is 3.21. The number of nitrogens with zero attached hydrogens (tertiary/aromatic N) is 3. The van der Waals surface area contributed by atoms with Crippen molar-refractivity contribution in [1.82, 2.24) is 14.5 Å². The number of hydrogen-bond donors (Lipinski definition) is 0. The number of methoxy groups -OCH3 is 1. The first kappa shape index (κ1) is 23.5. The van der Waals surface area contributed by atoms with Crippen LogP contribution in [0.15, 0.2) is 35.6 Å². The fourth-order valence-electron chi connectivity index (χ4n) is 3.67. The molecule has 8 heteroatoms. The molecule has 0 radical (unpaired) electrons. The molecule has 1 amide bonds. The van der Waals surface area contributed by atoms with Crippen LogP contribution < -0.4 is 0 Å². The zero-order valence-corrected chi connectivity index (χ0v) is 19.7. The molecule has 0 saturated heterocycles. The molecule has 170 valence electrons. The van der Waals surface area contributed by atoms with Crippen LogP contribution in [0.25, 0.3) is 0 Å². The van der Waals surface area contributed by atoms with E-state index in [0.29, 0.717) is 26.2 Å². The largest absolute Gasteiger partial charge is 0.383 e. The van der Waals surface area contributed by atoms with Crippen molar-refractivity contribution in [3.05, 3.63) is 47.3 Å². The van der Waals surface area contributed by atoms with Crippen LogP contribution in [0.1, 0.15) is 43.5 Å². The maximum absolute atomic E-state index is 13.3. The topological polar surface area (TPSA) is 81.5 Å². The molecule has 0 aliphatic heterocycles. The standard InChI is InChI=1S/C23H33N3O4S/c1-17(2)14-26-21(15-25(10-11-30-4)22(27)20-8-9-20)13-24-23(26)31(28,29)16-19-7-5-6-18(3)12-19/h5-7,12-13,17,20H,8-11,14-16H2,1-4H3. The Morgan fingerprint density at radius 1 is 1.32 bits per heavy atom. The monoisotopic (exact) mass is 447 g/mol. The highest BCUT2D eigenvalue weighted by molar-refractivity contribution is 7.90. The Hall–Kier alpha value is -2.19. The highest BCUT2D eigenvalue weighted by Gasteiger charge is 2.34. The van der Waals surface area contributed by atoms with Crippen molar-refractivity contribution in [3.63, 3.8) is 0 Å². The van der Waals surface area contributed by atoms with Gasteiger partial charge in [0.15, 0.2) is 0 Å². The average Bonchev–Trinajstić information content (AvgIpc) is 3.46. The molecule has 0 unspecified atom stereocenters. The number of hydrogen-bond acceptors (Lipinski definition) is 5. The molecule has 0 spiro atoms. The van der Waals surface area contributed by atoms with Gasteiger partial charge in [-0.3, -0.25) is 4.79 Å². The van der Waals surface area contributed by atoms with Crippen molar-refractivity contribution >= 4 is 15.7 Å². The van der Waals surface area contributed by atoms with E-state index in [1.807, 2.05) is 45.0 Å². The third-order valence-corrected chi connectivity index (χ3v) is 6.92. The second-order valence-corrected chi connectivity index (χ2v) is 10.7. The second kappa shape index (κ2) is 9.96. The lowest BCUT2D eigenvalue weighted by Crippen LogP contribution is -2.35. The maximum atomic E-state index is 13.3. The highest BCUT2D eigenvalue weighted by atomic mass is 32.2. The Bertz CT molecular complexity index is 1010. The first-order chi connectivity index (χ1) is 14.7. The van der Waals surface area contributed by atoms with E-state index in [1.54, 1.807) is 22.8 Å². The number of rotatable bonds is 11. The number of amides is 1. The molecule has 1 aliphatic carbocycles. The Morgan fingerprint density at radius 3 is 2.68 bits per heavy atom. The third-order valence-electron chi connectivity index (χ3n) is 5.32. The molecule has 31 heavy (non-hydrogen) atoms. The van der Waals surface area contributed by atoms with Gasteiger partial charge in [0.05, 0.1) is 30.8 Å². The molecular formula is C23H33N3O4S. The highest BCUT2D eigenvalue weighted by Crippen LogP contribution is 2.31. The molecule has 1 fully saturated rings. The van der Waals surface area contributed by atoms with Gasteiger partial charge in [-0.2, -0.15) is 0 Å². The van der Waals surface area contributed by atoms with Gasteiger partial charge in [-0.15, -0.1) is 0 Å².